The SMILES string of the molecule is c1ccc(-c2cccc(N(c3cccc4c3oc3cc5ccccc5cc34)c3cccc4c5ccccc5n(-c5ccccc5)c34)c2)cc1. The van der Waals surface area contributed by atoms with Crippen LogP contribution in [-0.4, -0.2) is 4.57 Å². The van der Waals surface area contributed by atoms with Crippen LogP contribution in [0.4, 0.5) is 17.1 Å². The first-order valence-corrected chi connectivity index (χ1v) is 16.7. The van der Waals surface area contributed by atoms with Crippen molar-refractivity contribution in [3.63, 3.8) is 0 Å². The van der Waals surface area contributed by atoms with Gasteiger partial charge in [-0.2, -0.15) is 0 Å². The predicted molar refractivity (Wildman–Crippen MR) is 206 cm³/mol. The van der Waals surface area contributed by atoms with Gasteiger partial charge in [-0.15, -0.1) is 0 Å². The molecule has 0 amide bonds. The lowest BCUT2D eigenvalue weighted by molar-refractivity contribution is 0.669. The van der Waals surface area contributed by atoms with Crippen molar-refractivity contribution in [3.05, 3.63) is 182 Å². The van der Waals surface area contributed by atoms with E-state index in [1.165, 1.54) is 32.6 Å². The molecule has 230 valence electrons. The summed E-state index contributed by atoms with van der Waals surface area (Å²) in [7, 11) is 0. The van der Waals surface area contributed by atoms with Crippen LogP contribution in [0.25, 0.3) is 71.3 Å². The molecular weight excluding hydrogens is 597 g/mol. The van der Waals surface area contributed by atoms with Crippen molar-refractivity contribution in [2.24, 2.45) is 0 Å². The molecule has 0 aliphatic carbocycles. The largest absolute Gasteiger partial charge is 0.454 e. The first-order valence-electron chi connectivity index (χ1n) is 16.7. The van der Waals surface area contributed by atoms with Crippen LogP contribution in [0.1, 0.15) is 0 Å². The topological polar surface area (TPSA) is 21.3 Å². The standard InChI is InChI=1S/C46H30N2O/c1-3-14-31(15-4-1)32-18-11-21-36(28-32)47(43-27-13-24-39-40-29-33-16-7-8-17-34(33)30-44(40)49-46(39)43)42-26-12-23-38-37-22-9-10-25-41(37)48(45(38)42)35-19-5-2-6-20-35/h1-30H. The molecule has 0 radical (unpaired) electrons. The second-order valence-electron chi connectivity index (χ2n) is 12.6. The van der Waals surface area contributed by atoms with Crippen LogP contribution in [0.5, 0.6) is 0 Å². The highest BCUT2D eigenvalue weighted by molar-refractivity contribution is 6.17. The van der Waals surface area contributed by atoms with Gasteiger partial charge in [-0.05, 0) is 76.5 Å². The van der Waals surface area contributed by atoms with Crippen molar-refractivity contribution in [2.75, 3.05) is 4.90 Å². The zero-order valence-corrected chi connectivity index (χ0v) is 26.6. The summed E-state index contributed by atoms with van der Waals surface area (Å²) < 4.78 is 9.27. The number of hydrogen-bond acceptors (Lipinski definition) is 2. The number of benzene rings is 8. The minimum absolute atomic E-state index is 0.859. The number of hydrogen-bond donors (Lipinski definition) is 0. The molecular formula is C46H30N2O. The van der Waals surface area contributed by atoms with Crippen molar-refractivity contribution >= 4 is 71.6 Å². The summed E-state index contributed by atoms with van der Waals surface area (Å²) in [6.45, 7) is 0. The number of aromatic nitrogens is 1. The van der Waals surface area contributed by atoms with Crippen LogP contribution >= 0.6 is 0 Å². The maximum absolute atomic E-state index is 6.87. The third-order valence-electron chi connectivity index (χ3n) is 9.73. The highest BCUT2D eigenvalue weighted by Crippen LogP contribution is 2.47. The molecule has 49 heavy (non-hydrogen) atoms. The molecule has 10 rings (SSSR count). The fraction of sp³-hybridized carbons (Fsp3) is 0. The van der Waals surface area contributed by atoms with Gasteiger partial charge in [0.25, 0.3) is 0 Å². The first kappa shape index (κ1) is 27.5. The van der Waals surface area contributed by atoms with Crippen LogP contribution in [0.2, 0.25) is 0 Å². The Morgan fingerprint density at radius 2 is 1.06 bits per heavy atom. The van der Waals surface area contributed by atoms with Crippen LogP contribution in [0, 0.1) is 0 Å². The van der Waals surface area contributed by atoms with Gasteiger partial charge in [-0.3, -0.25) is 0 Å². The van der Waals surface area contributed by atoms with Crippen molar-refractivity contribution in [2.45, 2.75) is 0 Å². The average Bonchev–Trinajstić information content (AvgIpc) is 3.71. The summed E-state index contributed by atoms with van der Waals surface area (Å²) in [4.78, 5) is 2.39. The smallest absolute Gasteiger partial charge is 0.159 e. The number of para-hydroxylation sites is 4. The number of nitrogens with zero attached hydrogens (tertiary/aromatic N) is 2. The number of furan rings is 1. The average molecular weight is 627 g/mol. The molecule has 0 saturated carbocycles. The Morgan fingerprint density at radius 1 is 0.429 bits per heavy atom. The molecule has 2 heterocycles. The Balaban J connectivity index is 1.32. The van der Waals surface area contributed by atoms with Gasteiger partial charge in [0.15, 0.2) is 5.58 Å². The number of fused-ring (bicyclic) bond motifs is 7. The van der Waals surface area contributed by atoms with E-state index in [9.17, 15) is 0 Å². The van der Waals surface area contributed by atoms with Gasteiger partial charge < -0.3 is 13.9 Å². The van der Waals surface area contributed by atoms with Crippen LogP contribution in [0.3, 0.4) is 0 Å². The van der Waals surface area contributed by atoms with Crippen molar-refractivity contribution in [3.8, 4) is 16.8 Å². The molecule has 0 saturated heterocycles. The van der Waals surface area contributed by atoms with Gasteiger partial charge in [0.05, 0.1) is 22.4 Å². The van der Waals surface area contributed by atoms with Crippen molar-refractivity contribution < 1.29 is 4.42 Å². The van der Waals surface area contributed by atoms with E-state index in [0.717, 1.165) is 55.8 Å². The fourth-order valence-corrected chi connectivity index (χ4v) is 7.53. The normalized spacial score (nSPS) is 11.7. The van der Waals surface area contributed by atoms with E-state index in [1.807, 2.05) is 0 Å². The lowest BCUT2D eigenvalue weighted by Crippen LogP contribution is -2.12. The Hall–Kier alpha value is -6.58. The monoisotopic (exact) mass is 626 g/mol. The van der Waals surface area contributed by atoms with Gasteiger partial charge in [-0.1, -0.05) is 127 Å². The molecule has 2 aromatic heterocycles. The van der Waals surface area contributed by atoms with Gasteiger partial charge in [0.2, 0.25) is 0 Å². The molecule has 0 atom stereocenters. The highest BCUT2D eigenvalue weighted by atomic mass is 16.3. The Bertz CT molecular complexity index is 2830. The molecule has 0 N–H and O–H groups in total. The van der Waals surface area contributed by atoms with Crippen LogP contribution in [0.15, 0.2) is 186 Å². The zero-order valence-electron chi connectivity index (χ0n) is 26.6. The minimum atomic E-state index is 0.859. The van der Waals surface area contributed by atoms with Crippen molar-refractivity contribution in [1.82, 2.24) is 4.57 Å². The first-order chi connectivity index (χ1) is 24.3. The van der Waals surface area contributed by atoms with E-state index < -0.39 is 0 Å². The van der Waals surface area contributed by atoms with E-state index in [4.69, 9.17) is 4.42 Å². The van der Waals surface area contributed by atoms with E-state index in [1.54, 1.807) is 0 Å². The lowest BCUT2D eigenvalue weighted by atomic mass is 10.0. The van der Waals surface area contributed by atoms with E-state index in [-0.39, 0.29) is 0 Å². The summed E-state index contributed by atoms with van der Waals surface area (Å²) in [6.07, 6.45) is 0. The van der Waals surface area contributed by atoms with Gasteiger partial charge >= 0.3 is 0 Å². The summed E-state index contributed by atoms with van der Waals surface area (Å²) in [6, 6.07) is 64.9. The van der Waals surface area contributed by atoms with E-state index in [2.05, 4.69) is 191 Å². The zero-order chi connectivity index (χ0) is 32.3. The third-order valence-corrected chi connectivity index (χ3v) is 9.73. The highest BCUT2D eigenvalue weighted by Gasteiger charge is 2.24. The summed E-state index contributed by atoms with van der Waals surface area (Å²) in [5, 5.41) is 7.00. The van der Waals surface area contributed by atoms with Gasteiger partial charge in [0, 0.05) is 32.9 Å². The van der Waals surface area contributed by atoms with Crippen LogP contribution in [-0.2, 0) is 0 Å². The molecule has 10 aromatic rings. The maximum atomic E-state index is 6.87. The number of anilines is 3. The predicted octanol–water partition coefficient (Wildman–Crippen LogP) is 13.0. The molecule has 3 nitrogen and oxygen atoms in total. The summed E-state index contributed by atoms with van der Waals surface area (Å²) in [5.74, 6) is 0. The second kappa shape index (κ2) is 11.0. The molecule has 0 bridgehead atoms. The maximum Gasteiger partial charge on any atom is 0.159 e. The van der Waals surface area contributed by atoms with E-state index in [0.29, 0.717) is 0 Å². The second-order valence-corrected chi connectivity index (χ2v) is 12.6. The fourth-order valence-electron chi connectivity index (χ4n) is 7.53. The number of rotatable bonds is 5. The molecule has 0 fully saturated rings. The summed E-state index contributed by atoms with van der Waals surface area (Å²) >= 11 is 0. The molecule has 0 spiro atoms. The van der Waals surface area contributed by atoms with Gasteiger partial charge in [-0.25, -0.2) is 0 Å². The molecule has 3 heteroatoms. The Kier molecular flexibility index (Phi) is 6.18. The van der Waals surface area contributed by atoms with E-state index >= 15 is 0 Å². The quantitative estimate of drug-likeness (QED) is 0.190. The minimum Gasteiger partial charge on any atom is -0.454 e. The van der Waals surface area contributed by atoms with Crippen LogP contribution < -0.4 is 4.90 Å². The molecule has 0 aliphatic rings. The molecule has 0 aliphatic heterocycles. The van der Waals surface area contributed by atoms with Crippen molar-refractivity contribution in [1.29, 1.82) is 0 Å². The lowest BCUT2D eigenvalue weighted by Gasteiger charge is -2.27. The molecule has 8 aromatic carbocycles. The summed E-state index contributed by atoms with van der Waals surface area (Å²) in [5.41, 5.74) is 10.6. The Labute approximate surface area is 283 Å². The van der Waals surface area contributed by atoms with Gasteiger partial charge in [0.1, 0.15) is 5.58 Å². The third kappa shape index (κ3) is 4.37. The Morgan fingerprint density at radius 3 is 1.90 bits per heavy atom. The molecule has 0 unspecified atom stereocenters.